The Morgan fingerprint density at radius 2 is 1.77 bits per heavy atom. The molecule has 26 heavy (non-hydrogen) atoms. The summed E-state index contributed by atoms with van der Waals surface area (Å²) in [6, 6.07) is 9.80. The number of hydrogen-bond acceptors (Lipinski definition) is 4. The molecule has 140 valence electrons. The summed E-state index contributed by atoms with van der Waals surface area (Å²) in [4.78, 5) is 12.5. The highest BCUT2D eigenvalue weighted by Crippen LogP contribution is 2.26. The van der Waals surface area contributed by atoms with Gasteiger partial charge in [-0.3, -0.25) is 4.79 Å². The van der Waals surface area contributed by atoms with Gasteiger partial charge < -0.3 is 10.1 Å². The number of hydrogen-bond donors (Lipinski definition) is 2. The average molecular weight is 376 g/mol. The SMILES string of the molecule is COc1ccc(C(=O)Nc2cc(C)ccc2C)cc1S(=O)(=O)NC(C)C. The number of aryl methyl sites for hydroxylation is 2. The molecule has 0 saturated heterocycles. The van der Waals surface area contributed by atoms with Crippen molar-refractivity contribution in [2.24, 2.45) is 0 Å². The molecule has 2 aromatic rings. The quantitative estimate of drug-likeness (QED) is 0.810. The van der Waals surface area contributed by atoms with Crippen molar-refractivity contribution in [3.05, 3.63) is 53.1 Å². The van der Waals surface area contributed by atoms with Gasteiger partial charge in [0.25, 0.3) is 5.91 Å². The Hall–Kier alpha value is -2.38. The summed E-state index contributed by atoms with van der Waals surface area (Å²) in [5, 5.41) is 2.83. The Labute approximate surface area is 154 Å². The normalized spacial score (nSPS) is 11.5. The highest BCUT2D eigenvalue weighted by atomic mass is 32.2. The Morgan fingerprint density at radius 1 is 1.08 bits per heavy atom. The second kappa shape index (κ2) is 7.88. The summed E-state index contributed by atoms with van der Waals surface area (Å²) < 4.78 is 32.7. The summed E-state index contributed by atoms with van der Waals surface area (Å²) in [6.45, 7) is 7.28. The first-order chi connectivity index (χ1) is 12.1. The van der Waals surface area contributed by atoms with Gasteiger partial charge in [0.2, 0.25) is 10.0 Å². The van der Waals surface area contributed by atoms with Crippen molar-refractivity contribution in [1.29, 1.82) is 0 Å². The highest BCUT2D eigenvalue weighted by Gasteiger charge is 2.22. The van der Waals surface area contributed by atoms with Crippen LogP contribution in [0.2, 0.25) is 0 Å². The summed E-state index contributed by atoms with van der Waals surface area (Å²) in [7, 11) is -2.41. The van der Waals surface area contributed by atoms with Crippen LogP contribution >= 0.6 is 0 Å². The Balaban J connectivity index is 2.40. The smallest absolute Gasteiger partial charge is 0.255 e. The summed E-state index contributed by atoms with van der Waals surface area (Å²) in [5.74, 6) is -0.205. The first-order valence-corrected chi connectivity index (χ1v) is 9.71. The third-order valence-corrected chi connectivity index (χ3v) is 5.43. The molecule has 2 N–H and O–H groups in total. The third kappa shape index (κ3) is 4.62. The van der Waals surface area contributed by atoms with Crippen molar-refractivity contribution in [2.75, 3.05) is 12.4 Å². The van der Waals surface area contributed by atoms with E-state index in [0.29, 0.717) is 5.69 Å². The minimum absolute atomic E-state index is 0.0673. The Kier molecular flexibility index (Phi) is 6.05. The predicted octanol–water partition coefficient (Wildman–Crippen LogP) is 3.25. The summed E-state index contributed by atoms with van der Waals surface area (Å²) in [5.41, 5.74) is 2.86. The molecule has 1 amide bonds. The number of carbonyl (C=O) groups excluding carboxylic acids is 1. The molecule has 0 saturated carbocycles. The standard InChI is InChI=1S/C19H24N2O4S/c1-12(2)21-26(23,24)18-11-15(8-9-17(18)25-5)19(22)20-16-10-13(3)6-7-14(16)4/h6-12,21H,1-5H3,(H,20,22). The number of anilines is 1. The Bertz CT molecular complexity index is 921. The molecule has 0 aliphatic heterocycles. The minimum Gasteiger partial charge on any atom is -0.495 e. The number of ether oxygens (including phenoxy) is 1. The van der Waals surface area contributed by atoms with Crippen molar-refractivity contribution >= 4 is 21.6 Å². The topological polar surface area (TPSA) is 84.5 Å². The van der Waals surface area contributed by atoms with Crippen LogP contribution in [0.5, 0.6) is 5.75 Å². The number of methoxy groups -OCH3 is 1. The third-order valence-electron chi connectivity index (χ3n) is 3.75. The number of benzene rings is 2. The lowest BCUT2D eigenvalue weighted by Gasteiger charge is -2.14. The second-order valence-electron chi connectivity index (χ2n) is 6.41. The maximum Gasteiger partial charge on any atom is 0.255 e. The number of sulfonamides is 1. The van der Waals surface area contributed by atoms with Crippen LogP contribution in [0, 0.1) is 13.8 Å². The van der Waals surface area contributed by atoms with Crippen LogP contribution in [0.25, 0.3) is 0 Å². The van der Waals surface area contributed by atoms with Crippen molar-refractivity contribution < 1.29 is 17.9 Å². The largest absolute Gasteiger partial charge is 0.495 e. The maximum atomic E-state index is 12.6. The van der Waals surface area contributed by atoms with Gasteiger partial charge in [0.1, 0.15) is 10.6 Å². The van der Waals surface area contributed by atoms with Crippen molar-refractivity contribution in [3.8, 4) is 5.75 Å². The summed E-state index contributed by atoms with van der Waals surface area (Å²) in [6.07, 6.45) is 0. The predicted molar refractivity (Wildman–Crippen MR) is 102 cm³/mol. The molecule has 0 aromatic heterocycles. The van der Waals surface area contributed by atoms with E-state index in [1.807, 2.05) is 32.0 Å². The molecule has 0 bridgehead atoms. The lowest BCUT2D eigenvalue weighted by molar-refractivity contribution is 0.102. The second-order valence-corrected chi connectivity index (χ2v) is 8.10. The Morgan fingerprint density at radius 3 is 2.38 bits per heavy atom. The van der Waals surface area contributed by atoms with E-state index in [0.717, 1.165) is 11.1 Å². The van der Waals surface area contributed by atoms with Crippen LogP contribution in [0.1, 0.15) is 35.3 Å². The van der Waals surface area contributed by atoms with Gasteiger partial charge in [-0.2, -0.15) is 0 Å². The lowest BCUT2D eigenvalue weighted by atomic mass is 10.1. The zero-order valence-electron chi connectivity index (χ0n) is 15.6. The van der Waals surface area contributed by atoms with Gasteiger partial charge in [0.05, 0.1) is 7.11 Å². The zero-order chi connectivity index (χ0) is 19.5. The fraction of sp³-hybridized carbons (Fsp3) is 0.316. The van der Waals surface area contributed by atoms with Crippen molar-refractivity contribution in [3.63, 3.8) is 0 Å². The molecule has 0 spiro atoms. The fourth-order valence-corrected chi connectivity index (χ4v) is 3.91. The van der Waals surface area contributed by atoms with Crippen LogP contribution in [0.4, 0.5) is 5.69 Å². The molecule has 0 aliphatic rings. The van der Waals surface area contributed by atoms with Crippen LogP contribution in [-0.4, -0.2) is 27.5 Å². The monoisotopic (exact) mass is 376 g/mol. The molecule has 0 aliphatic carbocycles. The average Bonchev–Trinajstić information content (AvgIpc) is 2.56. The van der Waals surface area contributed by atoms with Gasteiger partial charge in [-0.15, -0.1) is 0 Å². The number of nitrogens with one attached hydrogen (secondary N) is 2. The van der Waals surface area contributed by atoms with E-state index in [1.165, 1.54) is 25.3 Å². The van der Waals surface area contributed by atoms with E-state index < -0.39 is 10.0 Å². The van der Waals surface area contributed by atoms with Gasteiger partial charge in [0, 0.05) is 17.3 Å². The number of amides is 1. The molecular formula is C19H24N2O4S. The molecule has 0 fully saturated rings. The van der Waals surface area contributed by atoms with Crippen LogP contribution < -0.4 is 14.8 Å². The van der Waals surface area contributed by atoms with Gasteiger partial charge >= 0.3 is 0 Å². The first kappa shape index (κ1) is 19.9. The van der Waals surface area contributed by atoms with Gasteiger partial charge in [-0.25, -0.2) is 13.1 Å². The van der Waals surface area contributed by atoms with E-state index in [2.05, 4.69) is 10.0 Å². The molecule has 2 aromatic carbocycles. The van der Waals surface area contributed by atoms with Crippen molar-refractivity contribution in [2.45, 2.75) is 38.6 Å². The number of rotatable bonds is 6. The van der Waals surface area contributed by atoms with E-state index in [9.17, 15) is 13.2 Å². The highest BCUT2D eigenvalue weighted by molar-refractivity contribution is 7.89. The molecule has 0 radical (unpaired) electrons. The molecule has 7 heteroatoms. The van der Waals surface area contributed by atoms with E-state index in [-0.39, 0.29) is 28.2 Å². The molecule has 2 rings (SSSR count). The van der Waals surface area contributed by atoms with Crippen molar-refractivity contribution in [1.82, 2.24) is 4.72 Å². The van der Waals surface area contributed by atoms with E-state index >= 15 is 0 Å². The molecule has 0 unspecified atom stereocenters. The van der Waals surface area contributed by atoms with Gasteiger partial charge in [-0.1, -0.05) is 12.1 Å². The summed E-state index contributed by atoms with van der Waals surface area (Å²) >= 11 is 0. The molecular weight excluding hydrogens is 352 g/mol. The van der Waals surface area contributed by atoms with Gasteiger partial charge in [-0.05, 0) is 63.1 Å². The fourth-order valence-electron chi connectivity index (χ4n) is 2.47. The number of carbonyl (C=O) groups is 1. The molecule has 0 heterocycles. The first-order valence-electron chi connectivity index (χ1n) is 8.23. The zero-order valence-corrected chi connectivity index (χ0v) is 16.4. The van der Waals surface area contributed by atoms with Crippen LogP contribution in [-0.2, 0) is 10.0 Å². The van der Waals surface area contributed by atoms with Crippen LogP contribution in [0.15, 0.2) is 41.3 Å². The lowest BCUT2D eigenvalue weighted by Crippen LogP contribution is -2.30. The van der Waals surface area contributed by atoms with Crippen LogP contribution in [0.3, 0.4) is 0 Å². The molecule has 6 nitrogen and oxygen atoms in total. The molecule has 0 atom stereocenters. The van der Waals surface area contributed by atoms with Gasteiger partial charge in [0.15, 0.2) is 0 Å². The van der Waals surface area contributed by atoms with E-state index in [4.69, 9.17) is 4.74 Å². The maximum absolute atomic E-state index is 12.6. The van der Waals surface area contributed by atoms with E-state index in [1.54, 1.807) is 13.8 Å². The minimum atomic E-state index is -3.80.